The lowest BCUT2D eigenvalue weighted by Gasteiger charge is -2.63. The zero-order chi connectivity index (χ0) is 42.9. The molecule has 8 N–H and O–H groups in total. The average Bonchev–Trinajstić information content (AvgIpc) is 3.79. The van der Waals surface area contributed by atoms with Crippen molar-refractivity contribution in [3.8, 4) is 0 Å². The second-order valence-electron chi connectivity index (χ2n) is 18.9. The highest BCUT2D eigenvalue weighted by Crippen LogP contribution is 2.69. The van der Waals surface area contributed by atoms with Crippen LogP contribution in [0.15, 0.2) is 11.6 Å². The Bertz CT molecular complexity index is 1580. The molecule has 0 spiro atoms. The number of ether oxygens (including phenoxy) is 8. The minimum Gasteiger partial charge on any atom is -0.458 e. The summed E-state index contributed by atoms with van der Waals surface area (Å²) in [6.07, 6.45) is -9.10. The van der Waals surface area contributed by atoms with Gasteiger partial charge in [-0.25, -0.2) is 4.79 Å². The molecule has 7 fully saturated rings. The number of cyclic esters (lactones) is 1. The van der Waals surface area contributed by atoms with Crippen LogP contribution < -0.4 is 0 Å². The molecule has 4 aliphatic heterocycles. The second-order valence-corrected chi connectivity index (χ2v) is 18.9. The smallest absolute Gasteiger partial charge is 0.331 e. The lowest BCUT2D eigenvalue weighted by Crippen LogP contribution is -2.65. The minimum atomic E-state index is -1.79. The van der Waals surface area contributed by atoms with E-state index >= 15 is 0 Å². The second kappa shape index (κ2) is 17.3. The van der Waals surface area contributed by atoms with Gasteiger partial charge in [0.05, 0.1) is 37.1 Å². The van der Waals surface area contributed by atoms with Crippen molar-refractivity contribution < 1.29 is 88.3 Å². The number of aldehydes is 1. The first kappa shape index (κ1) is 44.9. The Kier molecular flexibility index (Phi) is 13.0. The first-order valence-corrected chi connectivity index (χ1v) is 21.8. The van der Waals surface area contributed by atoms with Crippen LogP contribution in [0.25, 0.3) is 0 Å². The fourth-order valence-corrected chi connectivity index (χ4v) is 13.0. The van der Waals surface area contributed by atoms with Gasteiger partial charge in [-0.1, -0.05) is 6.92 Å². The van der Waals surface area contributed by atoms with Gasteiger partial charge in [-0.05, 0) is 94.0 Å². The summed E-state index contributed by atoms with van der Waals surface area (Å²) < 4.78 is 47.1. The maximum atomic E-state index is 13.3. The summed E-state index contributed by atoms with van der Waals surface area (Å²) in [7, 11) is 1.51. The van der Waals surface area contributed by atoms with E-state index in [1.807, 2.05) is 0 Å². The molecule has 18 nitrogen and oxygen atoms in total. The van der Waals surface area contributed by atoms with Crippen LogP contribution >= 0.6 is 0 Å². The number of hydrogen-bond donors (Lipinski definition) is 8. The molecular formula is C42H64O18. The molecule has 4 saturated carbocycles. The molecule has 4 aliphatic carbocycles. The summed E-state index contributed by atoms with van der Waals surface area (Å²) in [4.78, 5) is 25.2. The topological polar surface area (TPSA) is 270 Å². The van der Waals surface area contributed by atoms with Gasteiger partial charge >= 0.3 is 5.97 Å². The highest BCUT2D eigenvalue weighted by molar-refractivity contribution is 5.85. The summed E-state index contributed by atoms with van der Waals surface area (Å²) >= 11 is 0. The predicted molar refractivity (Wildman–Crippen MR) is 202 cm³/mol. The Morgan fingerprint density at radius 3 is 2.15 bits per heavy atom. The van der Waals surface area contributed by atoms with Gasteiger partial charge < -0.3 is 83.5 Å². The molecule has 0 aromatic rings. The first-order chi connectivity index (χ1) is 28.6. The van der Waals surface area contributed by atoms with Gasteiger partial charge in [-0.2, -0.15) is 0 Å². The molecule has 0 bridgehead atoms. The number of rotatable bonds is 11. The van der Waals surface area contributed by atoms with Gasteiger partial charge in [0, 0.05) is 30.4 Å². The largest absolute Gasteiger partial charge is 0.458 e. The zero-order valence-corrected chi connectivity index (χ0v) is 34.5. The van der Waals surface area contributed by atoms with Crippen LogP contribution in [0.4, 0.5) is 0 Å². The molecule has 8 rings (SSSR count). The zero-order valence-electron chi connectivity index (χ0n) is 34.5. The van der Waals surface area contributed by atoms with Crippen molar-refractivity contribution in [1.82, 2.24) is 0 Å². The quantitative estimate of drug-likeness (QED) is 0.0701. The fraction of sp³-hybridized carbons (Fsp3) is 0.905. The van der Waals surface area contributed by atoms with Crippen molar-refractivity contribution in [2.24, 2.45) is 34.5 Å². The summed E-state index contributed by atoms with van der Waals surface area (Å²) in [6.45, 7) is 2.80. The Morgan fingerprint density at radius 2 is 1.48 bits per heavy atom. The molecule has 0 aromatic heterocycles. The molecule has 4 heterocycles. The molecule has 0 aromatic carbocycles. The van der Waals surface area contributed by atoms with Crippen LogP contribution in [0.5, 0.6) is 0 Å². The molecular weight excluding hydrogens is 792 g/mol. The summed E-state index contributed by atoms with van der Waals surface area (Å²) in [5.41, 5.74) is -0.906. The number of aliphatic hydroxyl groups excluding tert-OH is 7. The molecule has 0 radical (unpaired) electrons. The number of carbonyl (C=O) groups excluding carboxylic acids is 2. The van der Waals surface area contributed by atoms with Gasteiger partial charge in [-0.15, -0.1) is 0 Å². The van der Waals surface area contributed by atoms with E-state index in [2.05, 4.69) is 6.92 Å². The van der Waals surface area contributed by atoms with Crippen molar-refractivity contribution in [2.75, 3.05) is 26.9 Å². The van der Waals surface area contributed by atoms with Crippen LogP contribution in [0.3, 0.4) is 0 Å². The Balaban J connectivity index is 0.874. The highest BCUT2D eigenvalue weighted by atomic mass is 16.8. The molecule has 340 valence electrons. The van der Waals surface area contributed by atoms with Gasteiger partial charge in [0.1, 0.15) is 67.8 Å². The number of esters is 1. The Labute approximate surface area is 349 Å². The van der Waals surface area contributed by atoms with E-state index in [4.69, 9.17) is 37.9 Å². The third kappa shape index (κ3) is 7.42. The number of aliphatic hydroxyl groups is 8. The third-order valence-corrected chi connectivity index (χ3v) is 16.2. The van der Waals surface area contributed by atoms with Crippen molar-refractivity contribution >= 4 is 12.3 Å². The maximum absolute atomic E-state index is 13.3. The molecule has 22 atom stereocenters. The normalized spacial score (nSPS) is 53.1. The lowest BCUT2D eigenvalue weighted by atomic mass is 9.43. The van der Waals surface area contributed by atoms with Crippen LogP contribution in [-0.4, -0.2) is 178 Å². The molecule has 3 saturated heterocycles. The van der Waals surface area contributed by atoms with E-state index in [1.54, 1.807) is 13.0 Å². The highest BCUT2D eigenvalue weighted by Gasteiger charge is 2.69. The molecule has 0 amide bonds. The standard InChI is InChI=1S/C42H64O18/c1-19-36(59-39-35(51)33(49)37(28(16-44)58-39)60-38-34(50)32(48)31(47)27(15-43)57-38)26(53-3)14-30(55-19)56-22-6-10-41(18-45)21(13-22)4-5-25-24(41)7-9-40(2)23(8-11-42(25,40)52)20-12-29(46)54-17-20/h12,18-19,21-28,30-39,43-44,47-52H,4-11,13-17H2,1-3H3/t19-,21-,22+,23-,24+,25-,26-,27-,28-,30+,31-,32+,33-,34-,35-,36-,37-,38+,39+,40-,41-,42+/m1/s1. The van der Waals surface area contributed by atoms with Gasteiger partial charge in [-0.3, -0.25) is 0 Å². The first-order valence-electron chi connectivity index (χ1n) is 21.8. The predicted octanol–water partition coefficient (Wildman–Crippen LogP) is -1.03. The summed E-state index contributed by atoms with van der Waals surface area (Å²) in [5.74, 6) is -0.110. The lowest BCUT2D eigenvalue weighted by molar-refractivity contribution is -0.373. The van der Waals surface area contributed by atoms with Crippen LogP contribution in [0.1, 0.15) is 78.1 Å². The van der Waals surface area contributed by atoms with Crippen molar-refractivity contribution in [3.05, 3.63) is 11.6 Å². The number of carbonyl (C=O) groups is 2. The van der Waals surface area contributed by atoms with E-state index in [1.165, 1.54) is 13.4 Å². The van der Waals surface area contributed by atoms with E-state index in [0.717, 1.165) is 37.7 Å². The van der Waals surface area contributed by atoms with E-state index in [0.29, 0.717) is 25.7 Å². The number of methoxy groups -OCH3 is 1. The van der Waals surface area contributed by atoms with Crippen LogP contribution in [0.2, 0.25) is 0 Å². The SMILES string of the molecule is CO[C@@H]1C[C@H](O[C@H]2CC[C@@]3(C=O)[C@H](CC[C@@H]4[C@@H]3CC[C@]3(C)[C@@H](C5=CC(=O)OC5)CC[C@]43O)C2)O[C@H](C)[C@H]1O[C@@H]1O[C@H](CO)[C@@H](O[C@@H]2O[C@H](CO)[C@@H](O)[C@H](O)[C@H]2O)[C@H](O)[C@H]1O. The van der Waals surface area contributed by atoms with E-state index in [-0.39, 0.29) is 48.8 Å². The van der Waals surface area contributed by atoms with Gasteiger partial charge in [0.15, 0.2) is 18.9 Å². The monoisotopic (exact) mass is 856 g/mol. The number of hydrogen-bond acceptors (Lipinski definition) is 18. The Morgan fingerprint density at radius 1 is 0.783 bits per heavy atom. The van der Waals surface area contributed by atoms with E-state index in [9.17, 15) is 50.4 Å². The molecule has 8 aliphatic rings. The Hall–Kier alpha value is -1.72. The van der Waals surface area contributed by atoms with Gasteiger partial charge in [0.2, 0.25) is 0 Å². The van der Waals surface area contributed by atoms with E-state index < -0.39 is 116 Å². The van der Waals surface area contributed by atoms with Crippen LogP contribution in [0, 0.1) is 34.5 Å². The van der Waals surface area contributed by atoms with Gasteiger partial charge in [0.25, 0.3) is 0 Å². The molecule has 60 heavy (non-hydrogen) atoms. The molecule has 0 unspecified atom stereocenters. The summed E-state index contributed by atoms with van der Waals surface area (Å²) in [6, 6.07) is 0. The average molecular weight is 857 g/mol. The summed E-state index contributed by atoms with van der Waals surface area (Å²) in [5, 5.41) is 85.3. The number of fused-ring (bicyclic) bond motifs is 5. The van der Waals surface area contributed by atoms with Crippen molar-refractivity contribution in [3.63, 3.8) is 0 Å². The van der Waals surface area contributed by atoms with Crippen molar-refractivity contribution in [1.29, 1.82) is 0 Å². The van der Waals surface area contributed by atoms with Crippen molar-refractivity contribution in [2.45, 2.75) is 176 Å². The molecule has 18 heteroatoms. The maximum Gasteiger partial charge on any atom is 0.331 e. The minimum absolute atomic E-state index is 0.0120. The third-order valence-electron chi connectivity index (χ3n) is 16.2. The fourth-order valence-electron chi connectivity index (χ4n) is 13.0. The van der Waals surface area contributed by atoms with Crippen LogP contribution in [-0.2, 0) is 47.5 Å².